The molecule has 0 bridgehead atoms. The number of hydrogen-bond donors (Lipinski definition) is 0. The van der Waals surface area contributed by atoms with E-state index in [1.165, 1.54) is 9.80 Å². The lowest BCUT2D eigenvalue weighted by Crippen LogP contribution is -2.40. The minimum Gasteiger partial charge on any atom is -0.497 e. The van der Waals surface area contributed by atoms with Crippen molar-refractivity contribution >= 4 is 17.5 Å². The van der Waals surface area contributed by atoms with E-state index in [0.717, 1.165) is 0 Å². The van der Waals surface area contributed by atoms with Gasteiger partial charge in [-0.15, -0.1) is 0 Å². The number of halogens is 2. The van der Waals surface area contributed by atoms with Gasteiger partial charge in [-0.3, -0.25) is 9.59 Å². The van der Waals surface area contributed by atoms with Crippen LogP contribution in [-0.2, 0) is 9.59 Å². The molecular weight excluding hydrogens is 318 g/mol. The highest BCUT2D eigenvalue weighted by atomic mass is 19.3. The first-order valence-electron chi connectivity index (χ1n) is 7.97. The summed E-state index contributed by atoms with van der Waals surface area (Å²) in [6.07, 6.45) is -1.93. The van der Waals surface area contributed by atoms with Crippen LogP contribution in [0.3, 0.4) is 0 Å². The zero-order chi connectivity index (χ0) is 17.7. The first-order valence-corrected chi connectivity index (χ1v) is 7.97. The molecular formula is C17H22F2N2O3. The molecule has 1 unspecified atom stereocenters. The van der Waals surface area contributed by atoms with Crippen molar-refractivity contribution in [2.45, 2.75) is 26.2 Å². The third kappa shape index (κ3) is 4.21. The summed E-state index contributed by atoms with van der Waals surface area (Å²) < 4.78 is 30.4. The first kappa shape index (κ1) is 18.2. The fourth-order valence-corrected chi connectivity index (χ4v) is 2.87. The predicted molar refractivity (Wildman–Crippen MR) is 86.3 cm³/mol. The molecule has 0 aromatic heterocycles. The maximum absolute atomic E-state index is 12.7. The molecule has 1 aliphatic heterocycles. The second kappa shape index (κ2) is 8.08. The number of carbonyl (C=O) groups is 2. The van der Waals surface area contributed by atoms with Gasteiger partial charge in [0.1, 0.15) is 5.75 Å². The summed E-state index contributed by atoms with van der Waals surface area (Å²) in [6, 6.07) is 6.95. The Hall–Kier alpha value is -2.18. The Balaban J connectivity index is 2.07. The molecule has 1 saturated heterocycles. The summed E-state index contributed by atoms with van der Waals surface area (Å²) in [5.41, 5.74) is 0.673. The summed E-state index contributed by atoms with van der Waals surface area (Å²) >= 11 is 0. The average Bonchev–Trinajstić information content (AvgIpc) is 2.95. The molecule has 0 spiro atoms. The Bertz CT molecular complexity index is 578. The van der Waals surface area contributed by atoms with Gasteiger partial charge in [0, 0.05) is 25.2 Å². The molecule has 132 valence electrons. The van der Waals surface area contributed by atoms with E-state index in [-0.39, 0.29) is 31.3 Å². The lowest BCUT2D eigenvalue weighted by molar-refractivity contribution is -0.137. The summed E-state index contributed by atoms with van der Waals surface area (Å²) in [5.74, 6) is -0.456. The zero-order valence-electron chi connectivity index (χ0n) is 13.9. The van der Waals surface area contributed by atoms with Crippen LogP contribution in [0.5, 0.6) is 5.75 Å². The van der Waals surface area contributed by atoms with Crippen molar-refractivity contribution in [3.05, 3.63) is 24.3 Å². The molecule has 2 rings (SSSR count). The Morgan fingerprint density at radius 1 is 1.38 bits per heavy atom. The summed E-state index contributed by atoms with van der Waals surface area (Å²) in [5, 5.41) is 0. The lowest BCUT2D eigenvalue weighted by atomic mass is 10.1. The molecule has 0 N–H and O–H groups in total. The lowest BCUT2D eigenvalue weighted by Gasteiger charge is -2.25. The number of alkyl halides is 2. The Labute approximate surface area is 140 Å². The van der Waals surface area contributed by atoms with E-state index in [2.05, 4.69) is 0 Å². The van der Waals surface area contributed by atoms with E-state index in [4.69, 9.17) is 4.74 Å². The van der Waals surface area contributed by atoms with Crippen LogP contribution >= 0.6 is 0 Å². The molecule has 1 aliphatic rings. The van der Waals surface area contributed by atoms with E-state index in [9.17, 15) is 18.4 Å². The van der Waals surface area contributed by atoms with E-state index in [1.54, 1.807) is 31.4 Å². The number of hydrogen-bond acceptors (Lipinski definition) is 3. The molecule has 1 aromatic carbocycles. The molecule has 0 saturated carbocycles. The normalized spacial score (nSPS) is 17.5. The first-order chi connectivity index (χ1) is 11.5. The Kier molecular flexibility index (Phi) is 6.11. The number of amides is 2. The summed E-state index contributed by atoms with van der Waals surface area (Å²) in [7, 11) is 1.55. The average molecular weight is 340 g/mol. The van der Waals surface area contributed by atoms with Crippen molar-refractivity contribution in [2.75, 3.05) is 31.6 Å². The molecule has 5 nitrogen and oxygen atoms in total. The van der Waals surface area contributed by atoms with Crippen molar-refractivity contribution in [1.29, 1.82) is 0 Å². The molecule has 1 aromatic rings. The number of ether oxygens (including phenoxy) is 1. The topological polar surface area (TPSA) is 49.9 Å². The second-order valence-electron chi connectivity index (χ2n) is 5.78. The van der Waals surface area contributed by atoms with Gasteiger partial charge in [-0.25, -0.2) is 8.78 Å². The van der Waals surface area contributed by atoms with E-state index in [1.807, 2.05) is 6.92 Å². The molecule has 0 radical (unpaired) electrons. The van der Waals surface area contributed by atoms with E-state index in [0.29, 0.717) is 17.9 Å². The van der Waals surface area contributed by atoms with Crippen LogP contribution in [0.25, 0.3) is 0 Å². The number of carbonyl (C=O) groups excluding carboxylic acids is 2. The van der Waals surface area contributed by atoms with Gasteiger partial charge >= 0.3 is 0 Å². The maximum atomic E-state index is 12.7. The van der Waals surface area contributed by atoms with Gasteiger partial charge in [0.25, 0.3) is 6.43 Å². The van der Waals surface area contributed by atoms with Gasteiger partial charge in [-0.1, -0.05) is 6.92 Å². The highest BCUT2D eigenvalue weighted by Gasteiger charge is 2.37. The summed E-state index contributed by atoms with van der Waals surface area (Å²) in [6.45, 7) is 1.74. The molecule has 1 heterocycles. The van der Waals surface area contributed by atoms with Crippen molar-refractivity contribution in [1.82, 2.24) is 4.90 Å². The second-order valence-corrected chi connectivity index (χ2v) is 5.78. The summed E-state index contributed by atoms with van der Waals surface area (Å²) in [4.78, 5) is 27.4. The predicted octanol–water partition coefficient (Wildman–Crippen LogP) is 2.55. The molecule has 24 heavy (non-hydrogen) atoms. The number of methoxy groups -OCH3 is 1. The van der Waals surface area contributed by atoms with Crippen LogP contribution in [0, 0.1) is 5.92 Å². The third-order valence-electron chi connectivity index (χ3n) is 4.02. The van der Waals surface area contributed by atoms with Gasteiger partial charge in [0.2, 0.25) is 11.8 Å². The molecule has 7 heteroatoms. The van der Waals surface area contributed by atoms with Gasteiger partial charge in [-0.05, 0) is 30.7 Å². The van der Waals surface area contributed by atoms with Crippen molar-refractivity contribution in [2.24, 2.45) is 5.92 Å². The van der Waals surface area contributed by atoms with Crippen molar-refractivity contribution < 1.29 is 23.1 Å². The fourth-order valence-electron chi connectivity index (χ4n) is 2.87. The minimum absolute atomic E-state index is 0.0499. The largest absolute Gasteiger partial charge is 0.497 e. The van der Waals surface area contributed by atoms with E-state index >= 15 is 0 Å². The number of anilines is 1. The molecule has 0 aliphatic carbocycles. The Morgan fingerprint density at radius 3 is 2.58 bits per heavy atom. The monoisotopic (exact) mass is 340 g/mol. The standard InChI is InChI=1S/C17H22F2N2O3/c1-3-8-20(11-15(18)19)17(23)12-9-16(22)21(10-12)13-4-6-14(24-2)7-5-13/h4-7,12,15H,3,8-11H2,1-2H3. The number of rotatable bonds is 7. The molecule has 2 amide bonds. The highest BCUT2D eigenvalue weighted by molar-refractivity contribution is 6.00. The molecule has 1 fully saturated rings. The van der Waals surface area contributed by atoms with Crippen molar-refractivity contribution in [3.63, 3.8) is 0 Å². The smallest absolute Gasteiger partial charge is 0.255 e. The van der Waals surface area contributed by atoms with Gasteiger partial charge < -0.3 is 14.5 Å². The van der Waals surface area contributed by atoms with Gasteiger partial charge in [0.05, 0.1) is 19.6 Å². The Morgan fingerprint density at radius 2 is 2.04 bits per heavy atom. The van der Waals surface area contributed by atoms with Crippen LogP contribution in [0.2, 0.25) is 0 Å². The van der Waals surface area contributed by atoms with Crippen molar-refractivity contribution in [3.8, 4) is 5.75 Å². The third-order valence-corrected chi connectivity index (χ3v) is 4.02. The fraction of sp³-hybridized carbons (Fsp3) is 0.529. The quantitative estimate of drug-likeness (QED) is 0.766. The minimum atomic E-state index is -2.57. The van der Waals surface area contributed by atoms with Crippen LogP contribution in [0.1, 0.15) is 19.8 Å². The zero-order valence-corrected chi connectivity index (χ0v) is 13.9. The van der Waals surface area contributed by atoms with Gasteiger partial charge in [-0.2, -0.15) is 0 Å². The maximum Gasteiger partial charge on any atom is 0.255 e. The van der Waals surface area contributed by atoms with Crippen LogP contribution in [0.15, 0.2) is 24.3 Å². The van der Waals surface area contributed by atoms with Gasteiger partial charge in [0.15, 0.2) is 0 Å². The van der Waals surface area contributed by atoms with E-state index < -0.39 is 18.9 Å². The van der Waals surface area contributed by atoms with Crippen LogP contribution < -0.4 is 9.64 Å². The van der Waals surface area contributed by atoms with Crippen LogP contribution in [0.4, 0.5) is 14.5 Å². The number of benzene rings is 1. The van der Waals surface area contributed by atoms with Crippen LogP contribution in [-0.4, -0.2) is 49.9 Å². The number of nitrogens with zero attached hydrogens (tertiary/aromatic N) is 2. The molecule has 1 atom stereocenters. The SMILES string of the molecule is CCCN(CC(F)F)C(=O)C1CC(=O)N(c2ccc(OC)cc2)C1. The highest BCUT2D eigenvalue weighted by Crippen LogP contribution is 2.28.